The number of hydrogen-bond acceptors (Lipinski definition) is 2. The lowest BCUT2D eigenvalue weighted by molar-refractivity contribution is 0.0506. The first-order valence-corrected chi connectivity index (χ1v) is 8.47. The maximum absolute atomic E-state index is 11.8. The van der Waals surface area contributed by atoms with Gasteiger partial charge in [0, 0.05) is 9.65 Å². The van der Waals surface area contributed by atoms with Gasteiger partial charge >= 0.3 is 5.97 Å². The van der Waals surface area contributed by atoms with Gasteiger partial charge in [-0.2, -0.15) is 0 Å². The number of alkyl halides is 2. The van der Waals surface area contributed by atoms with Gasteiger partial charge in [-0.05, 0) is 25.0 Å². The van der Waals surface area contributed by atoms with Crippen molar-refractivity contribution in [3.63, 3.8) is 0 Å². The summed E-state index contributed by atoms with van der Waals surface area (Å²) >= 11 is 7.23. The van der Waals surface area contributed by atoms with Gasteiger partial charge in [-0.25, -0.2) is 4.79 Å². The Labute approximate surface area is 132 Å². The van der Waals surface area contributed by atoms with Crippen molar-refractivity contribution in [3.8, 4) is 0 Å². The molecule has 1 aromatic carbocycles. The Hall–Kier alpha value is -0.350. The lowest BCUT2D eigenvalue weighted by Gasteiger charge is -2.14. The van der Waals surface area contributed by atoms with Gasteiger partial charge in [0.1, 0.15) is 6.61 Å². The molecule has 1 rings (SSSR count). The lowest BCUT2D eigenvalue weighted by atomic mass is 10.1. The van der Waals surface area contributed by atoms with E-state index in [0.29, 0.717) is 17.0 Å². The Morgan fingerprint density at radius 3 is 2.53 bits per heavy atom. The summed E-state index contributed by atoms with van der Waals surface area (Å²) in [6.07, 6.45) is 4.55. The Bertz CT molecular complexity index is 368. The van der Waals surface area contributed by atoms with E-state index in [0.717, 1.165) is 12.8 Å². The molecule has 2 nitrogen and oxygen atoms in total. The molecule has 0 aliphatic rings. The van der Waals surface area contributed by atoms with E-state index in [4.69, 9.17) is 4.74 Å². The van der Waals surface area contributed by atoms with Crippen molar-refractivity contribution in [1.29, 1.82) is 0 Å². The maximum atomic E-state index is 11.8. The van der Waals surface area contributed by atoms with E-state index in [2.05, 4.69) is 38.8 Å². The van der Waals surface area contributed by atoms with Gasteiger partial charge in [0.2, 0.25) is 0 Å². The van der Waals surface area contributed by atoms with Crippen molar-refractivity contribution >= 4 is 37.8 Å². The van der Waals surface area contributed by atoms with Crippen molar-refractivity contribution in [2.75, 3.05) is 6.61 Å². The summed E-state index contributed by atoms with van der Waals surface area (Å²) in [5.41, 5.74) is 0.601. The topological polar surface area (TPSA) is 26.3 Å². The third-order valence-corrected chi connectivity index (χ3v) is 4.26. The molecular formula is C15H20Br2O2. The summed E-state index contributed by atoms with van der Waals surface area (Å²) in [6.45, 7) is 2.59. The Kier molecular flexibility index (Phi) is 8.38. The number of benzene rings is 1. The summed E-state index contributed by atoms with van der Waals surface area (Å²) in [6, 6.07) is 9.08. The van der Waals surface area contributed by atoms with E-state index >= 15 is 0 Å². The zero-order chi connectivity index (χ0) is 14.1. The second-order valence-corrected chi connectivity index (χ2v) is 7.13. The van der Waals surface area contributed by atoms with E-state index in [1.807, 2.05) is 18.2 Å². The van der Waals surface area contributed by atoms with Crippen molar-refractivity contribution < 1.29 is 9.53 Å². The lowest BCUT2D eigenvalue weighted by Crippen LogP contribution is -2.17. The predicted molar refractivity (Wildman–Crippen MR) is 86.3 cm³/mol. The first-order chi connectivity index (χ1) is 9.13. The van der Waals surface area contributed by atoms with Crippen LogP contribution in [-0.4, -0.2) is 22.2 Å². The van der Waals surface area contributed by atoms with Crippen molar-refractivity contribution in [2.45, 2.75) is 42.3 Å². The number of carbonyl (C=O) groups is 1. The fraction of sp³-hybridized carbons (Fsp3) is 0.533. The Balaban J connectivity index is 2.26. The van der Waals surface area contributed by atoms with Crippen LogP contribution in [0.25, 0.3) is 0 Å². The third-order valence-electron chi connectivity index (χ3n) is 2.79. The predicted octanol–water partition coefficient (Wildman–Crippen LogP) is 4.95. The van der Waals surface area contributed by atoms with Crippen LogP contribution in [0.3, 0.4) is 0 Å². The molecule has 0 aliphatic carbocycles. The third kappa shape index (κ3) is 7.11. The average molecular weight is 392 g/mol. The summed E-state index contributed by atoms with van der Waals surface area (Å²) in [5, 5.41) is 0. The zero-order valence-electron chi connectivity index (χ0n) is 11.1. The molecule has 0 saturated carbocycles. The fourth-order valence-electron chi connectivity index (χ4n) is 1.71. The summed E-state index contributed by atoms with van der Waals surface area (Å²) in [5.74, 6) is -0.260. The standard InChI is InChI=1S/C15H20Br2O2/c1-2-3-9-13(16)10-14(17)11-19-15(18)12-7-5-4-6-8-12/h4-8,13-14H,2-3,9-11H2,1H3. The smallest absolute Gasteiger partial charge is 0.338 e. The first-order valence-electron chi connectivity index (χ1n) is 6.63. The fourth-order valence-corrected chi connectivity index (χ4v) is 3.57. The largest absolute Gasteiger partial charge is 0.461 e. The van der Waals surface area contributed by atoms with Crippen molar-refractivity contribution in [1.82, 2.24) is 0 Å². The SMILES string of the molecule is CCCCC(Br)CC(Br)COC(=O)c1ccccc1. The van der Waals surface area contributed by atoms with Gasteiger partial charge in [-0.3, -0.25) is 0 Å². The molecule has 1 aromatic rings. The molecule has 0 amide bonds. The van der Waals surface area contributed by atoms with E-state index < -0.39 is 0 Å². The van der Waals surface area contributed by atoms with Crippen LogP contribution in [0.2, 0.25) is 0 Å². The molecular weight excluding hydrogens is 372 g/mol. The molecule has 0 saturated heterocycles. The highest BCUT2D eigenvalue weighted by molar-refractivity contribution is 9.10. The quantitative estimate of drug-likeness (QED) is 0.462. The minimum Gasteiger partial charge on any atom is -0.461 e. The van der Waals surface area contributed by atoms with Gasteiger partial charge in [0.15, 0.2) is 0 Å². The molecule has 2 unspecified atom stereocenters. The highest BCUT2D eigenvalue weighted by Crippen LogP contribution is 2.20. The van der Waals surface area contributed by atoms with E-state index in [-0.39, 0.29) is 10.8 Å². The van der Waals surface area contributed by atoms with E-state index in [1.165, 1.54) is 12.8 Å². The second-order valence-electron chi connectivity index (χ2n) is 4.54. The molecule has 0 N–H and O–H groups in total. The average Bonchev–Trinajstić information content (AvgIpc) is 2.43. The highest BCUT2D eigenvalue weighted by atomic mass is 79.9. The van der Waals surface area contributed by atoms with E-state index in [1.54, 1.807) is 12.1 Å². The number of rotatable bonds is 8. The second kappa shape index (κ2) is 9.54. The number of hydrogen-bond donors (Lipinski definition) is 0. The highest BCUT2D eigenvalue weighted by Gasteiger charge is 2.14. The molecule has 0 radical (unpaired) electrons. The minimum atomic E-state index is -0.260. The van der Waals surface area contributed by atoms with Gasteiger partial charge < -0.3 is 4.74 Å². The monoisotopic (exact) mass is 390 g/mol. The number of esters is 1. The van der Waals surface area contributed by atoms with Crippen LogP contribution >= 0.6 is 31.9 Å². The van der Waals surface area contributed by atoms with Crippen LogP contribution < -0.4 is 0 Å². The molecule has 2 atom stereocenters. The van der Waals surface area contributed by atoms with Crippen LogP contribution in [0, 0.1) is 0 Å². The molecule has 4 heteroatoms. The minimum absolute atomic E-state index is 0.196. The van der Waals surface area contributed by atoms with Crippen LogP contribution in [0.4, 0.5) is 0 Å². The molecule has 0 bridgehead atoms. The van der Waals surface area contributed by atoms with Crippen LogP contribution in [0.1, 0.15) is 43.0 Å². The van der Waals surface area contributed by atoms with Gasteiger partial charge in [-0.1, -0.05) is 69.8 Å². The zero-order valence-corrected chi connectivity index (χ0v) is 14.3. The maximum Gasteiger partial charge on any atom is 0.338 e. The number of halogens is 2. The first kappa shape index (κ1) is 16.7. The van der Waals surface area contributed by atoms with Crippen LogP contribution in [-0.2, 0) is 4.74 Å². The normalized spacial score (nSPS) is 13.8. The van der Waals surface area contributed by atoms with Crippen molar-refractivity contribution in [3.05, 3.63) is 35.9 Å². The molecule has 0 spiro atoms. The number of carbonyl (C=O) groups excluding carboxylic acids is 1. The summed E-state index contributed by atoms with van der Waals surface area (Å²) < 4.78 is 5.29. The summed E-state index contributed by atoms with van der Waals surface area (Å²) in [7, 11) is 0. The van der Waals surface area contributed by atoms with E-state index in [9.17, 15) is 4.79 Å². The molecule has 0 aromatic heterocycles. The van der Waals surface area contributed by atoms with Gasteiger partial charge in [-0.15, -0.1) is 0 Å². The van der Waals surface area contributed by atoms with Crippen molar-refractivity contribution in [2.24, 2.45) is 0 Å². The van der Waals surface area contributed by atoms with Gasteiger partial charge in [0.05, 0.1) is 5.56 Å². The summed E-state index contributed by atoms with van der Waals surface area (Å²) in [4.78, 5) is 12.4. The molecule has 19 heavy (non-hydrogen) atoms. The molecule has 0 aliphatic heterocycles. The van der Waals surface area contributed by atoms with Crippen LogP contribution in [0.5, 0.6) is 0 Å². The Morgan fingerprint density at radius 1 is 1.21 bits per heavy atom. The molecule has 0 fully saturated rings. The number of unbranched alkanes of at least 4 members (excludes halogenated alkanes) is 1. The van der Waals surface area contributed by atoms with Gasteiger partial charge in [0.25, 0.3) is 0 Å². The molecule has 106 valence electrons. The van der Waals surface area contributed by atoms with Crippen LogP contribution in [0.15, 0.2) is 30.3 Å². The number of ether oxygens (including phenoxy) is 1. The molecule has 0 heterocycles. The Morgan fingerprint density at radius 2 is 1.89 bits per heavy atom.